The molecule has 0 saturated heterocycles. The SMILES string of the molecule is Cc1nc(OC2CC2)ccc1Br.[3HH]. The number of nitrogens with zero attached hydrogens (tertiary/aromatic N) is 1. The van der Waals surface area contributed by atoms with E-state index in [0.29, 0.717) is 6.10 Å². The number of aromatic nitrogens is 1. The second kappa shape index (κ2) is 3.05. The quantitative estimate of drug-likeness (QED) is 0.782. The first-order valence-electron chi connectivity index (χ1n) is 4.05. The third-order valence-electron chi connectivity index (χ3n) is 1.81. The van der Waals surface area contributed by atoms with Crippen LogP contribution in [0.15, 0.2) is 16.6 Å². The summed E-state index contributed by atoms with van der Waals surface area (Å²) in [5.41, 5.74) is 0.980. The molecule has 1 saturated carbocycles. The number of aryl methyl sites for hydroxylation is 1. The fraction of sp³-hybridized carbons (Fsp3) is 0.444. The van der Waals surface area contributed by atoms with Gasteiger partial charge in [0, 0.05) is 12.0 Å². The smallest absolute Gasteiger partial charge is 0.213 e. The van der Waals surface area contributed by atoms with E-state index in [1.807, 2.05) is 19.1 Å². The van der Waals surface area contributed by atoms with Crippen LogP contribution in [0.2, 0.25) is 0 Å². The zero-order chi connectivity index (χ0) is 8.55. The molecule has 1 fully saturated rings. The van der Waals surface area contributed by atoms with Gasteiger partial charge in [0.05, 0.1) is 5.69 Å². The molecule has 0 spiro atoms. The van der Waals surface area contributed by atoms with Crippen molar-refractivity contribution in [2.45, 2.75) is 25.9 Å². The van der Waals surface area contributed by atoms with Crippen LogP contribution in [0, 0.1) is 6.92 Å². The van der Waals surface area contributed by atoms with Crippen LogP contribution in [0.1, 0.15) is 20.0 Å². The molecule has 1 heterocycles. The fourth-order valence-corrected chi connectivity index (χ4v) is 1.16. The Labute approximate surface area is 81.6 Å². The molecule has 0 radical (unpaired) electrons. The van der Waals surface area contributed by atoms with E-state index in [-0.39, 0.29) is 1.43 Å². The molecule has 1 aliphatic carbocycles. The molecule has 0 aliphatic heterocycles. The van der Waals surface area contributed by atoms with Crippen molar-refractivity contribution in [1.82, 2.24) is 4.98 Å². The van der Waals surface area contributed by atoms with Gasteiger partial charge in [-0.25, -0.2) is 4.98 Å². The third kappa shape index (κ3) is 1.78. The van der Waals surface area contributed by atoms with Gasteiger partial charge in [0.1, 0.15) is 6.10 Å². The summed E-state index contributed by atoms with van der Waals surface area (Å²) in [5, 5.41) is 0. The van der Waals surface area contributed by atoms with Crippen molar-refractivity contribution in [3.05, 3.63) is 22.3 Å². The average Bonchev–Trinajstić information content (AvgIpc) is 2.81. The molecular formula is C9H12BrNO. The first-order chi connectivity index (χ1) is 5.75. The average molecular weight is 232 g/mol. The second-order valence-electron chi connectivity index (χ2n) is 3.03. The van der Waals surface area contributed by atoms with E-state index in [1.54, 1.807) is 0 Å². The molecule has 0 aromatic carbocycles. The molecule has 1 aromatic heterocycles. The van der Waals surface area contributed by atoms with Gasteiger partial charge >= 0.3 is 0 Å². The van der Waals surface area contributed by atoms with E-state index in [9.17, 15) is 0 Å². The van der Waals surface area contributed by atoms with Crippen LogP contribution in [-0.2, 0) is 0 Å². The maximum atomic E-state index is 5.53. The van der Waals surface area contributed by atoms with E-state index >= 15 is 0 Å². The lowest BCUT2D eigenvalue weighted by Crippen LogP contribution is -1.98. The Bertz CT molecular complexity index is 302. The van der Waals surface area contributed by atoms with Crippen LogP contribution in [0.4, 0.5) is 0 Å². The molecule has 2 rings (SSSR count). The Morgan fingerprint density at radius 2 is 2.33 bits per heavy atom. The van der Waals surface area contributed by atoms with E-state index in [2.05, 4.69) is 20.9 Å². The monoisotopic (exact) mass is 231 g/mol. The largest absolute Gasteiger partial charge is 0.474 e. The summed E-state index contributed by atoms with van der Waals surface area (Å²) in [5.74, 6) is 0.748. The Morgan fingerprint density at radius 3 is 2.92 bits per heavy atom. The predicted molar refractivity (Wildman–Crippen MR) is 52.4 cm³/mol. The van der Waals surface area contributed by atoms with Crippen molar-refractivity contribution >= 4 is 15.9 Å². The maximum absolute atomic E-state index is 5.53. The van der Waals surface area contributed by atoms with Crippen molar-refractivity contribution in [2.75, 3.05) is 0 Å². The lowest BCUT2D eigenvalue weighted by molar-refractivity contribution is 0.290. The van der Waals surface area contributed by atoms with Crippen molar-refractivity contribution in [3.8, 4) is 5.88 Å². The van der Waals surface area contributed by atoms with E-state index < -0.39 is 0 Å². The summed E-state index contributed by atoms with van der Waals surface area (Å²) >= 11 is 3.39. The topological polar surface area (TPSA) is 22.1 Å². The van der Waals surface area contributed by atoms with E-state index in [4.69, 9.17) is 4.74 Å². The van der Waals surface area contributed by atoms with Crippen molar-refractivity contribution in [1.29, 1.82) is 0 Å². The lowest BCUT2D eigenvalue weighted by atomic mass is 10.4. The highest BCUT2D eigenvalue weighted by Crippen LogP contribution is 2.26. The molecular weight excluding hydrogens is 218 g/mol. The molecule has 3 heteroatoms. The van der Waals surface area contributed by atoms with E-state index in [0.717, 1.165) is 16.0 Å². The van der Waals surface area contributed by atoms with Gasteiger partial charge in [0.25, 0.3) is 0 Å². The van der Waals surface area contributed by atoms with Crippen molar-refractivity contribution in [2.24, 2.45) is 0 Å². The number of rotatable bonds is 2. The van der Waals surface area contributed by atoms with Crippen LogP contribution in [0.5, 0.6) is 5.88 Å². The molecule has 0 atom stereocenters. The molecule has 1 aromatic rings. The third-order valence-corrected chi connectivity index (χ3v) is 2.65. The number of ether oxygens (including phenoxy) is 1. The van der Waals surface area contributed by atoms with Crippen LogP contribution >= 0.6 is 15.9 Å². The molecule has 0 unspecified atom stereocenters. The molecule has 0 amide bonds. The number of hydrogen-bond acceptors (Lipinski definition) is 2. The highest BCUT2D eigenvalue weighted by molar-refractivity contribution is 9.10. The highest BCUT2D eigenvalue weighted by atomic mass is 79.9. The minimum absolute atomic E-state index is 0. The molecule has 0 N–H and O–H groups in total. The first kappa shape index (κ1) is 8.05. The summed E-state index contributed by atoms with van der Waals surface area (Å²) in [7, 11) is 0. The zero-order valence-electron chi connectivity index (χ0n) is 6.88. The summed E-state index contributed by atoms with van der Waals surface area (Å²) in [4.78, 5) is 4.28. The van der Waals surface area contributed by atoms with Gasteiger partial charge in [-0.2, -0.15) is 0 Å². The standard InChI is InChI=1S/C9H10BrNO.H2/c1-6-8(10)4-5-9(11-6)12-7-2-3-7;/h4-5,7H,2-3H2,1H3;1H/i;1+2. The van der Waals surface area contributed by atoms with Crippen molar-refractivity contribution < 1.29 is 6.16 Å². The first-order valence-corrected chi connectivity index (χ1v) is 4.85. The van der Waals surface area contributed by atoms with Gasteiger partial charge in [-0.05, 0) is 41.8 Å². The summed E-state index contributed by atoms with van der Waals surface area (Å²) < 4.78 is 6.56. The second-order valence-corrected chi connectivity index (χ2v) is 3.89. The number of pyridine rings is 1. The van der Waals surface area contributed by atoms with Crippen LogP contribution in [0.25, 0.3) is 0 Å². The summed E-state index contributed by atoms with van der Waals surface area (Å²) in [6.07, 6.45) is 2.78. The Balaban J connectivity index is 0.000000845. The molecule has 0 bridgehead atoms. The van der Waals surface area contributed by atoms with Gasteiger partial charge < -0.3 is 4.74 Å². The van der Waals surface area contributed by atoms with Gasteiger partial charge in [-0.1, -0.05) is 0 Å². The minimum Gasteiger partial charge on any atom is -0.474 e. The van der Waals surface area contributed by atoms with Crippen LogP contribution < -0.4 is 4.74 Å². The highest BCUT2D eigenvalue weighted by Gasteiger charge is 2.23. The van der Waals surface area contributed by atoms with Gasteiger partial charge in [-0.3, -0.25) is 0 Å². The number of halogens is 1. The zero-order valence-corrected chi connectivity index (χ0v) is 8.47. The lowest BCUT2D eigenvalue weighted by Gasteiger charge is -2.04. The molecule has 2 nitrogen and oxygen atoms in total. The summed E-state index contributed by atoms with van der Waals surface area (Å²) in [6.45, 7) is 1.96. The van der Waals surface area contributed by atoms with Crippen LogP contribution in [-0.4, -0.2) is 11.1 Å². The maximum Gasteiger partial charge on any atom is 0.213 e. The molecule has 1 aliphatic rings. The predicted octanol–water partition coefficient (Wildman–Crippen LogP) is 2.94. The van der Waals surface area contributed by atoms with Gasteiger partial charge in [-0.15, -0.1) is 0 Å². The molecule has 66 valence electrons. The van der Waals surface area contributed by atoms with Crippen molar-refractivity contribution in [3.63, 3.8) is 0 Å². The minimum atomic E-state index is 0. The normalized spacial score (nSPS) is 16.2. The van der Waals surface area contributed by atoms with E-state index in [1.165, 1.54) is 12.8 Å². The Kier molecular flexibility index (Phi) is 2.05. The van der Waals surface area contributed by atoms with Crippen LogP contribution in [0.3, 0.4) is 0 Å². The Morgan fingerprint density at radius 1 is 1.58 bits per heavy atom. The van der Waals surface area contributed by atoms with Gasteiger partial charge in [0.2, 0.25) is 5.88 Å². The molecule has 12 heavy (non-hydrogen) atoms. The Hall–Kier alpha value is -0.570. The fourth-order valence-electron chi connectivity index (χ4n) is 0.943. The number of hydrogen-bond donors (Lipinski definition) is 0. The van der Waals surface area contributed by atoms with Gasteiger partial charge in [0.15, 0.2) is 0 Å². The summed E-state index contributed by atoms with van der Waals surface area (Å²) in [6, 6.07) is 3.87.